The highest BCUT2D eigenvalue weighted by atomic mass is 16.5. The van der Waals surface area contributed by atoms with Crippen LogP contribution in [-0.4, -0.2) is 27.7 Å². The maximum absolute atomic E-state index is 11.1. The number of hydrogen-bond acceptors (Lipinski definition) is 3. The van der Waals surface area contributed by atoms with Gasteiger partial charge in [0.15, 0.2) is 0 Å². The van der Waals surface area contributed by atoms with Gasteiger partial charge < -0.3 is 14.4 Å². The van der Waals surface area contributed by atoms with E-state index in [1.807, 2.05) is 22.8 Å². The largest absolute Gasteiger partial charge is 0.494 e. The fourth-order valence-electron chi connectivity index (χ4n) is 2.46. The van der Waals surface area contributed by atoms with E-state index in [9.17, 15) is 4.79 Å². The minimum atomic E-state index is -0.767. The molecule has 2 aromatic rings. The Labute approximate surface area is 124 Å². The van der Waals surface area contributed by atoms with Crippen LogP contribution in [0.3, 0.4) is 0 Å². The van der Waals surface area contributed by atoms with Crippen molar-refractivity contribution in [3.8, 4) is 5.75 Å². The molecule has 114 valence electrons. The van der Waals surface area contributed by atoms with Crippen molar-refractivity contribution >= 4 is 17.0 Å². The standard InChI is InChI=1S/C16H22N2O3/c1-16(2,3)11(8-14(19)20)9-18-10-17-15-12(18)6-5-7-13(15)21-4/h5-7,10-11H,8-9H2,1-4H3,(H,19,20). The first-order chi connectivity index (χ1) is 9.82. The summed E-state index contributed by atoms with van der Waals surface area (Å²) < 4.78 is 7.32. The second kappa shape index (κ2) is 5.76. The van der Waals surface area contributed by atoms with Crippen molar-refractivity contribution in [2.45, 2.75) is 33.7 Å². The van der Waals surface area contributed by atoms with E-state index in [1.165, 1.54) is 0 Å². The van der Waals surface area contributed by atoms with Crippen LogP contribution in [0.15, 0.2) is 24.5 Å². The van der Waals surface area contributed by atoms with Gasteiger partial charge in [0.25, 0.3) is 0 Å². The van der Waals surface area contributed by atoms with Gasteiger partial charge in [0.2, 0.25) is 0 Å². The predicted octanol–water partition coefficient (Wildman–Crippen LogP) is 3.18. The Balaban J connectivity index is 2.35. The van der Waals surface area contributed by atoms with Crippen LogP contribution in [0.25, 0.3) is 11.0 Å². The van der Waals surface area contributed by atoms with Gasteiger partial charge in [-0.1, -0.05) is 26.8 Å². The molecule has 0 fully saturated rings. The number of carboxylic acids is 1. The zero-order chi connectivity index (χ0) is 15.6. The summed E-state index contributed by atoms with van der Waals surface area (Å²) >= 11 is 0. The van der Waals surface area contributed by atoms with Crippen LogP contribution in [0.2, 0.25) is 0 Å². The molecule has 1 N–H and O–H groups in total. The molecule has 1 unspecified atom stereocenters. The van der Waals surface area contributed by atoms with Crippen molar-refractivity contribution < 1.29 is 14.6 Å². The van der Waals surface area contributed by atoms with E-state index in [0.717, 1.165) is 16.8 Å². The molecule has 2 rings (SSSR count). The number of methoxy groups -OCH3 is 1. The summed E-state index contributed by atoms with van der Waals surface area (Å²) in [4.78, 5) is 15.5. The maximum Gasteiger partial charge on any atom is 0.303 e. The van der Waals surface area contributed by atoms with Crippen molar-refractivity contribution in [1.29, 1.82) is 0 Å². The zero-order valence-electron chi connectivity index (χ0n) is 13.0. The van der Waals surface area contributed by atoms with Gasteiger partial charge in [0.1, 0.15) is 11.3 Å². The lowest BCUT2D eigenvalue weighted by Gasteiger charge is -2.30. The van der Waals surface area contributed by atoms with Crippen LogP contribution in [0, 0.1) is 11.3 Å². The van der Waals surface area contributed by atoms with E-state index >= 15 is 0 Å². The average molecular weight is 290 g/mol. The zero-order valence-corrected chi connectivity index (χ0v) is 13.0. The van der Waals surface area contributed by atoms with E-state index < -0.39 is 5.97 Å². The van der Waals surface area contributed by atoms with Gasteiger partial charge in [0.05, 0.1) is 25.4 Å². The summed E-state index contributed by atoms with van der Waals surface area (Å²) in [5, 5.41) is 9.13. The number of aromatic nitrogens is 2. The van der Waals surface area contributed by atoms with E-state index in [1.54, 1.807) is 13.4 Å². The summed E-state index contributed by atoms with van der Waals surface area (Å²) in [5.74, 6) is -0.00711. The van der Waals surface area contributed by atoms with E-state index in [4.69, 9.17) is 9.84 Å². The van der Waals surface area contributed by atoms with Crippen molar-refractivity contribution in [2.24, 2.45) is 11.3 Å². The Morgan fingerprint density at radius 3 is 2.71 bits per heavy atom. The summed E-state index contributed by atoms with van der Waals surface area (Å²) in [6.07, 6.45) is 1.90. The third-order valence-electron chi connectivity index (χ3n) is 3.90. The van der Waals surface area contributed by atoms with E-state index in [2.05, 4.69) is 25.8 Å². The molecule has 0 radical (unpaired) electrons. The number of fused-ring (bicyclic) bond motifs is 1. The number of hydrogen-bond donors (Lipinski definition) is 1. The number of aliphatic carboxylic acids is 1. The highest BCUT2D eigenvalue weighted by Gasteiger charge is 2.27. The van der Waals surface area contributed by atoms with Gasteiger partial charge in [-0.3, -0.25) is 4.79 Å². The SMILES string of the molecule is COc1cccc2c1ncn2CC(CC(=O)O)C(C)(C)C. The molecule has 0 amide bonds. The lowest BCUT2D eigenvalue weighted by atomic mass is 9.78. The Kier molecular flexibility index (Phi) is 4.21. The highest BCUT2D eigenvalue weighted by molar-refractivity contribution is 5.81. The fraction of sp³-hybridized carbons (Fsp3) is 0.500. The number of carboxylic acid groups (broad SMARTS) is 1. The van der Waals surface area contributed by atoms with Crippen LogP contribution in [0.1, 0.15) is 27.2 Å². The van der Waals surface area contributed by atoms with Crippen molar-refractivity contribution in [3.05, 3.63) is 24.5 Å². The fourth-order valence-corrected chi connectivity index (χ4v) is 2.46. The molecule has 1 heterocycles. The molecule has 5 nitrogen and oxygen atoms in total. The summed E-state index contributed by atoms with van der Waals surface area (Å²) in [6, 6.07) is 5.77. The van der Waals surface area contributed by atoms with Crippen LogP contribution in [0.4, 0.5) is 0 Å². The molecule has 0 saturated heterocycles. The average Bonchev–Trinajstić information content (AvgIpc) is 2.79. The van der Waals surface area contributed by atoms with Gasteiger partial charge in [-0.2, -0.15) is 0 Å². The Hall–Kier alpha value is -2.04. The first kappa shape index (κ1) is 15.4. The highest BCUT2D eigenvalue weighted by Crippen LogP contribution is 2.32. The second-order valence-electron chi connectivity index (χ2n) is 6.39. The van der Waals surface area contributed by atoms with Crippen LogP contribution >= 0.6 is 0 Å². The monoisotopic (exact) mass is 290 g/mol. The van der Waals surface area contributed by atoms with Gasteiger partial charge in [-0.15, -0.1) is 0 Å². The lowest BCUT2D eigenvalue weighted by molar-refractivity contribution is -0.139. The molecule has 0 spiro atoms. The molecule has 0 saturated carbocycles. The molecule has 0 aliphatic heterocycles. The molecular formula is C16H22N2O3. The Morgan fingerprint density at radius 2 is 2.14 bits per heavy atom. The third-order valence-corrected chi connectivity index (χ3v) is 3.90. The summed E-state index contributed by atoms with van der Waals surface area (Å²) in [5.41, 5.74) is 1.69. The first-order valence-electron chi connectivity index (χ1n) is 7.02. The number of ether oxygens (including phenoxy) is 1. The smallest absolute Gasteiger partial charge is 0.303 e. The van der Waals surface area contributed by atoms with E-state index in [0.29, 0.717) is 6.54 Å². The quantitative estimate of drug-likeness (QED) is 0.918. The summed E-state index contributed by atoms with van der Waals surface area (Å²) in [6.45, 7) is 6.83. The summed E-state index contributed by atoms with van der Waals surface area (Å²) in [7, 11) is 1.62. The number of rotatable bonds is 5. The van der Waals surface area contributed by atoms with Crippen LogP contribution < -0.4 is 4.74 Å². The topological polar surface area (TPSA) is 64.4 Å². The van der Waals surface area contributed by atoms with Crippen molar-refractivity contribution in [1.82, 2.24) is 9.55 Å². The molecule has 1 atom stereocenters. The minimum Gasteiger partial charge on any atom is -0.494 e. The first-order valence-corrected chi connectivity index (χ1v) is 7.02. The number of nitrogens with zero attached hydrogens (tertiary/aromatic N) is 2. The van der Waals surface area contributed by atoms with Gasteiger partial charge in [0, 0.05) is 6.54 Å². The molecular weight excluding hydrogens is 268 g/mol. The molecule has 0 aliphatic rings. The number of carbonyl (C=O) groups is 1. The lowest BCUT2D eigenvalue weighted by Crippen LogP contribution is -2.27. The van der Waals surface area contributed by atoms with Gasteiger partial charge in [-0.05, 0) is 23.5 Å². The number of para-hydroxylation sites is 1. The van der Waals surface area contributed by atoms with Crippen molar-refractivity contribution in [2.75, 3.05) is 7.11 Å². The predicted molar refractivity (Wildman–Crippen MR) is 81.5 cm³/mol. The minimum absolute atomic E-state index is 0.0265. The molecule has 1 aromatic heterocycles. The molecule has 0 bridgehead atoms. The molecule has 21 heavy (non-hydrogen) atoms. The molecule has 0 aliphatic carbocycles. The molecule has 5 heteroatoms. The van der Waals surface area contributed by atoms with E-state index in [-0.39, 0.29) is 17.8 Å². The van der Waals surface area contributed by atoms with Gasteiger partial charge in [-0.25, -0.2) is 4.98 Å². The number of imidazole rings is 1. The van der Waals surface area contributed by atoms with Gasteiger partial charge >= 0.3 is 5.97 Å². The molecule has 1 aromatic carbocycles. The van der Waals surface area contributed by atoms with Crippen LogP contribution in [0.5, 0.6) is 5.75 Å². The maximum atomic E-state index is 11.1. The second-order valence-corrected chi connectivity index (χ2v) is 6.39. The normalized spacial score (nSPS) is 13.3. The Morgan fingerprint density at radius 1 is 1.43 bits per heavy atom. The Bertz CT molecular complexity index is 640. The third kappa shape index (κ3) is 3.35. The van der Waals surface area contributed by atoms with Crippen molar-refractivity contribution in [3.63, 3.8) is 0 Å². The number of benzene rings is 1. The van der Waals surface area contributed by atoms with Crippen LogP contribution in [-0.2, 0) is 11.3 Å².